The molecule has 0 spiro atoms. The molecule has 10 heavy (non-hydrogen) atoms. The Balaban J connectivity index is 2.21. The van der Waals surface area contributed by atoms with Crippen LogP contribution in [0.4, 0.5) is 4.79 Å². The van der Waals surface area contributed by atoms with Crippen molar-refractivity contribution in [1.29, 1.82) is 0 Å². The molecule has 5 nitrogen and oxygen atoms in total. The third-order valence-corrected chi connectivity index (χ3v) is 2.08. The molecule has 54 valence electrons. The molecule has 0 unspecified atom stereocenters. The Labute approximate surface area is 61.8 Å². The van der Waals surface area contributed by atoms with E-state index in [-0.39, 0.29) is 5.24 Å². The van der Waals surface area contributed by atoms with E-state index < -0.39 is 0 Å². The van der Waals surface area contributed by atoms with Crippen molar-refractivity contribution in [2.75, 3.05) is 6.67 Å². The molecular weight excluding hydrogens is 152 g/mol. The Bertz CT molecular complexity index is 215. The van der Waals surface area contributed by atoms with Gasteiger partial charge in [0.25, 0.3) is 0 Å². The maximum absolute atomic E-state index is 10.7. The van der Waals surface area contributed by atoms with Crippen LogP contribution in [-0.2, 0) is 0 Å². The van der Waals surface area contributed by atoms with Crippen molar-refractivity contribution in [1.82, 2.24) is 15.4 Å². The Kier molecular flexibility index (Phi) is 1.06. The van der Waals surface area contributed by atoms with Gasteiger partial charge in [-0.15, -0.1) is 0 Å². The lowest BCUT2D eigenvalue weighted by Gasteiger charge is -2.13. The number of fused-ring (bicyclic) bond motifs is 1. The van der Waals surface area contributed by atoms with E-state index >= 15 is 0 Å². The summed E-state index contributed by atoms with van der Waals surface area (Å²) in [6.07, 6.45) is 1.72. The summed E-state index contributed by atoms with van der Waals surface area (Å²) in [7, 11) is 0. The third-order valence-electron chi connectivity index (χ3n) is 1.27. The zero-order chi connectivity index (χ0) is 7.14. The number of thioether (sulfide) groups is 1. The molecule has 0 aromatic carbocycles. The fraction of sp³-hybridized carbons (Fsp3) is 0.250. The first-order chi connectivity index (χ1) is 4.75. The molecule has 2 heterocycles. The molecule has 2 aliphatic heterocycles. The molecule has 0 aromatic rings. The van der Waals surface area contributed by atoms with Gasteiger partial charge < -0.3 is 0 Å². The molecule has 0 saturated carbocycles. The number of hydrazine groups is 2. The predicted molar refractivity (Wildman–Crippen MR) is 36.9 cm³/mol. The number of nitrogens with zero attached hydrogens (tertiary/aromatic N) is 2. The summed E-state index contributed by atoms with van der Waals surface area (Å²) in [4.78, 5) is 10.7. The summed E-state index contributed by atoms with van der Waals surface area (Å²) in [5.41, 5.74) is 2.61. The monoisotopic (exact) mass is 158 g/mol. The van der Waals surface area contributed by atoms with E-state index in [1.54, 1.807) is 11.2 Å². The molecule has 0 atom stereocenters. The molecule has 2 aliphatic rings. The number of hydrogen-bond donors (Lipinski definition) is 2. The highest BCUT2D eigenvalue weighted by Gasteiger charge is 2.29. The number of hydrogen-bond acceptors (Lipinski definition) is 5. The Morgan fingerprint density at radius 2 is 2.60 bits per heavy atom. The fourth-order valence-electron chi connectivity index (χ4n) is 0.885. The van der Waals surface area contributed by atoms with Gasteiger partial charge in [0.1, 0.15) is 11.7 Å². The summed E-state index contributed by atoms with van der Waals surface area (Å²) in [6.45, 7) is 0.536. The largest absolute Gasteiger partial charge is 0.304 e. The highest BCUT2D eigenvalue weighted by atomic mass is 32.2. The van der Waals surface area contributed by atoms with Crippen LogP contribution in [0, 0.1) is 0 Å². The van der Waals surface area contributed by atoms with Gasteiger partial charge in [0.05, 0.1) is 6.20 Å². The molecule has 0 radical (unpaired) electrons. The minimum atomic E-state index is -0.0423. The van der Waals surface area contributed by atoms with E-state index in [0.29, 0.717) is 6.67 Å². The maximum Gasteiger partial charge on any atom is 0.304 e. The molecular formula is C4H6N4OS. The van der Waals surface area contributed by atoms with Crippen LogP contribution in [-0.4, -0.2) is 21.9 Å². The Morgan fingerprint density at radius 1 is 1.80 bits per heavy atom. The van der Waals surface area contributed by atoms with Gasteiger partial charge >= 0.3 is 5.24 Å². The minimum Gasteiger partial charge on any atom is -0.294 e. The molecule has 1 fully saturated rings. The summed E-state index contributed by atoms with van der Waals surface area (Å²) >= 11 is 1.16. The lowest BCUT2D eigenvalue weighted by molar-refractivity contribution is 0.208. The lowest BCUT2D eigenvalue weighted by Crippen LogP contribution is -2.37. The van der Waals surface area contributed by atoms with E-state index in [1.165, 1.54) is 5.01 Å². The second kappa shape index (κ2) is 1.80. The van der Waals surface area contributed by atoms with E-state index in [9.17, 15) is 4.79 Å². The van der Waals surface area contributed by atoms with Crippen LogP contribution < -0.4 is 11.3 Å². The molecule has 6 heteroatoms. The second-order valence-corrected chi connectivity index (χ2v) is 3.05. The van der Waals surface area contributed by atoms with E-state index in [4.69, 9.17) is 5.84 Å². The molecule has 1 saturated heterocycles. The van der Waals surface area contributed by atoms with Gasteiger partial charge in [-0.1, -0.05) is 0 Å². The highest BCUT2D eigenvalue weighted by Crippen LogP contribution is 2.29. The number of nitrogens with one attached hydrogen (secondary N) is 1. The summed E-state index contributed by atoms with van der Waals surface area (Å²) in [6, 6.07) is 0. The first-order valence-electron chi connectivity index (χ1n) is 2.75. The maximum atomic E-state index is 10.7. The van der Waals surface area contributed by atoms with Gasteiger partial charge in [-0.05, 0) is 11.8 Å². The number of carbonyl (C=O) groups is 1. The zero-order valence-electron chi connectivity index (χ0n) is 5.07. The van der Waals surface area contributed by atoms with Crippen LogP contribution in [0.5, 0.6) is 0 Å². The zero-order valence-corrected chi connectivity index (χ0v) is 5.89. The van der Waals surface area contributed by atoms with E-state index in [1.807, 2.05) is 0 Å². The summed E-state index contributed by atoms with van der Waals surface area (Å²) in [5, 5.41) is 4.04. The van der Waals surface area contributed by atoms with Crippen LogP contribution in [0.15, 0.2) is 11.2 Å². The summed E-state index contributed by atoms with van der Waals surface area (Å²) in [5.74, 6) is 5.42. The predicted octanol–water partition coefficient (Wildman–Crippen LogP) is -0.395. The van der Waals surface area contributed by atoms with Gasteiger partial charge in [-0.25, -0.2) is 5.84 Å². The van der Waals surface area contributed by atoms with Gasteiger partial charge in [0, 0.05) is 0 Å². The summed E-state index contributed by atoms with van der Waals surface area (Å²) < 4.78 is 0. The Hall–Kier alpha value is -0.880. The van der Waals surface area contributed by atoms with Crippen molar-refractivity contribution in [3.63, 3.8) is 0 Å². The molecule has 3 N–H and O–H groups in total. The van der Waals surface area contributed by atoms with Crippen LogP contribution >= 0.6 is 11.8 Å². The smallest absolute Gasteiger partial charge is 0.294 e. The van der Waals surface area contributed by atoms with Crippen LogP contribution in [0.3, 0.4) is 0 Å². The van der Waals surface area contributed by atoms with Gasteiger partial charge in [-0.3, -0.25) is 20.2 Å². The third kappa shape index (κ3) is 0.729. The quantitative estimate of drug-likeness (QED) is 0.470. The number of rotatable bonds is 0. The van der Waals surface area contributed by atoms with Crippen LogP contribution in [0.25, 0.3) is 0 Å². The molecule has 2 rings (SSSR count). The average molecular weight is 158 g/mol. The van der Waals surface area contributed by atoms with Crippen molar-refractivity contribution in [3.05, 3.63) is 11.2 Å². The molecule has 0 aliphatic carbocycles. The van der Waals surface area contributed by atoms with Crippen molar-refractivity contribution >= 4 is 17.0 Å². The van der Waals surface area contributed by atoms with Crippen molar-refractivity contribution in [2.45, 2.75) is 0 Å². The number of amides is 1. The van der Waals surface area contributed by atoms with E-state index in [2.05, 4.69) is 5.43 Å². The minimum absolute atomic E-state index is 0.0423. The Morgan fingerprint density at radius 3 is 3.30 bits per heavy atom. The van der Waals surface area contributed by atoms with Crippen LogP contribution in [0.1, 0.15) is 0 Å². The molecule has 0 bridgehead atoms. The lowest BCUT2D eigenvalue weighted by atomic mass is 10.9. The second-order valence-electron chi connectivity index (χ2n) is 2.05. The van der Waals surface area contributed by atoms with Crippen molar-refractivity contribution in [3.8, 4) is 0 Å². The van der Waals surface area contributed by atoms with E-state index in [0.717, 1.165) is 16.8 Å². The molecule has 1 amide bonds. The topological polar surface area (TPSA) is 61.6 Å². The standard InChI is InChI=1S/C4H6N4OS/c5-7-1-3-8(2-7)6-4(9)10-3/h1H,2,5H2,(H,6,9). The van der Waals surface area contributed by atoms with Crippen molar-refractivity contribution in [2.24, 2.45) is 5.84 Å². The average Bonchev–Trinajstić information content (AvgIpc) is 2.21. The van der Waals surface area contributed by atoms with Gasteiger partial charge in [-0.2, -0.15) is 0 Å². The number of nitrogens with two attached hydrogens (primary N) is 1. The van der Waals surface area contributed by atoms with Gasteiger partial charge in [0.15, 0.2) is 0 Å². The van der Waals surface area contributed by atoms with Gasteiger partial charge in [0.2, 0.25) is 0 Å². The van der Waals surface area contributed by atoms with Crippen molar-refractivity contribution < 1.29 is 4.79 Å². The first kappa shape index (κ1) is 5.87. The molecule has 0 aromatic heterocycles. The normalized spacial score (nSPS) is 22.9. The first-order valence-corrected chi connectivity index (χ1v) is 3.56. The highest BCUT2D eigenvalue weighted by molar-refractivity contribution is 8.17. The SMILES string of the molecule is NN1C=C2SC(=O)NN2C1. The van der Waals surface area contributed by atoms with Crippen LogP contribution in [0.2, 0.25) is 0 Å². The fourth-order valence-corrected chi connectivity index (χ4v) is 1.63. The number of carbonyl (C=O) groups excluding carboxylic acids is 1.